The van der Waals surface area contributed by atoms with Gasteiger partial charge in [-0.3, -0.25) is 0 Å². The molecule has 4 aliphatic carbocycles. The van der Waals surface area contributed by atoms with Gasteiger partial charge < -0.3 is 0 Å². The van der Waals surface area contributed by atoms with Crippen LogP contribution in [0.3, 0.4) is 0 Å². The summed E-state index contributed by atoms with van der Waals surface area (Å²) >= 11 is 0. The van der Waals surface area contributed by atoms with Crippen LogP contribution in [-0.2, 0) is 0 Å². The van der Waals surface area contributed by atoms with E-state index in [0.717, 1.165) is 88.8 Å². The minimum Gasteiger partial charge on any atom is -0.0625 e. The average molecular weight is 715 g/mol. The van der Waals surface area contributed by atoms with Crippen molar-refractivity contribution in [3.05, 3.63) is 0 Å². The third-order valence-electron chi connectivity index (χ3n) is 18.2. The molecule has 0 aromatic carbocycles. The van der Waals surface area contributed by atoms with Gasteiger partial charge in [0.25, 0.3) is 0 Å². The summed E-state index contributed by atoms with van der Waals surface area (Å²) in [6, 6.07) is 0. The van der Waals surface area contributed by atoms with Crippen LogP contribution in [0.1, 0.15) is 217 Å². The highest BCUT2D eigenvalue weighted by atomic mass is 14.5. The summed E-state index contributed by atoms with van der Waals surface area (Å²) in [7, 11) is 0. The molecular weight excluding hydrogens is 613 g/mol. The molecule has 4 rings (SSSR count). The molecule has 0 N–H and O–H groups in total. The first kappa shape index (κ1) is 49.0. The van der Waals surface area contributed by atoms with E-state index in [9.17, 15) is 0 Å². The third-order valence-corrected chi connectivity index (χ3v) is 18.2. The molecule has 4 fully saturated rings. The van der Waals surface area contributed by atoms with Crippen LogP contribution in [0, 0.1) is 110 Å². The van der Waals surface area contributed by atoms with Crippen LogP contribution in [0.4, 0.5) is 0 Å². The summed E-state index contributed by atoms with van der Waals surface area (Å²) in [5.74, 6) is 13.4. The van der Waals surface area contributed by atoms with Gasteiger partial charge in [0.2, 0.25) is 0 Å². The molecule has 0 radical (unpaired) electrons. The Kier molecular flexibility index (Phi) is 19.0. The zero-order valence-corrected chi connectivity index (χ0v) is 40.0. The molecule has 0 amide bonds. The number of hydrogen-bond donors (Lipinski definition) is 0. The van der Waals surface area contributed by atoms with Gasteiger partial charge in [0.05, 0.1) is 0 Å². The van der Waals surface area contributed by atoms with E-state index in [1.807, 2.05) is 0 Å². The first-order chi connectivity index (χ1) is 23.2. The fourth-order valence-corrected chi connectivity index (χ4v) is 13.0. The molecule has 4 aliphatic rings. The van der Waals surface area contributed by atoms with Gasteiger partial charge in [-0.05, 0) is 162 Å². The molecule has 0 aliphatic heterocycles. The summed E-state index contributed by atoms with van der Waals surface area (Å²) in [4.78, 5) is 0. The largest absolute Gasteiger partial charge is 0.0625 e. The zero-order valence-electron chi connectivity index (χ0n) is 40.0. The lowest BCUT2D eigenvalue weighted by molar-refractivity contribution is 0.112. The van der Waals surface area contributed by atoms with E-state index in [4.69, 9.17) is 0 Å². The van der Waals surface area contributed by atoms with Gasteiger partial charge in [0.15, 0.2) is 0 Å². The van der Waals surface area contributed by atoms with E-state index < -0.39 is 0 Å². The van der Waals surface area contributed by atoms with Gasteiger partial charge in [-0.1, -0.05) is 166 Å². The molecule has 2 unspecified atom stereocenters. The topological polar surface area (TPSA) is 0 Å². The van der Waals surface area contributed by atoms with E-state index >= 15 is 0 Å². The van der Waals surface area contributed by atoms with Crippen LogP contribution in [-0.4, -0.2) is 0 Å². The van der Waals surface area contributed by atoms with Crippen LogP contribution >= 0.6 is 0 Å². The molecule has 0 saturated heterocycles. The molecule has 4 saturated carbocycles. The molecule has 306 valence electrons. The summed E-state index contributed by atoms with van der Waals surface area (Å²) in [6.45, 7) is 55.5. The van der Waals surface area contributed by atoms with E-state index in [-0.39, 0.29) is 0 Å². The second kappa shape index (κ2) is 19.7. The molecule has 0 nitrogen and oxygen atoms in total. The van der Waals surface area contributed by atoms with Crippen LogP contribution < -0.4 is 0 Å². The Bertz CT molecular complexity index is 793. The van der Waals surface area contributed by atoms with Crippen LogP contribution in [0.25, 0.3) is 0 Å². The van der Waals surface area contributed by atoms with Gasteiger partial charge in [0, 0.05) is 0 Å². The van der Waals surface area contributed by atoms with Crippen molar-refractivity contribution in [1.29, 1.82) is 0 Å². The fourth-order valence-electron chi connectivity index (χ4n) is 13.0. The molecule has 0 heteroatoms. The van der Waals surface area contributed by atoms with Crippen LogP contribution in [0.5, 0.6) is 0 Å². The molecule has 0 spiro atoms. The Labute approximate surface area is 326 Å². The Morgan fingerprint density at radius 1 is 0.275 bits per heavy atom. The summed E-state index contributed by atoms with van der Waals surface area (Å²) in [6.07, 6.45) is 13.1. The quantitative estimate of drug-likeness (QED) is 0.235. The second-order valence-electron chi connectivity index (χ2n) is 23.1. The van der Waals surface area contributed by atoms with Crippen molar-refractivity contribution in [2.45, 2.75) is 217 Å². The molecule has 0 heterocycles. The average Bonchev–Trinajstić information content (AvgIpc) is 3.74. The molecule has 0 aromatic heterocycles. The second-order valence-corrected chi connectivity index (χ2v) is 23.1. The molecule has 0 bridgehead atoms. The summed E-state index contributed by atoms with van der Waals surface area (Å²) < 4.78 is 0. The Morgan fingerprint density at radius 3 is 0.529 bits per heavy atom. The Morgan fingerprint density at radius 2 is 0.451 bits per heavy atom. The van der Waals surface area contributed by atoms with Crippen molar-refractivity contribution < 1.29 is 0 Å². The Hall–Kier alpha value is 0. The zero-order chi connectivity index (χ0) is 40.0. The highest BCUT2D eigenvalue weighted by Gasteiger charge is 2.47. The normalized spacial score (nSPS) is 32.2. The SMILES string of the molecule is CC(C)C1(C(C)C)CC[C@@H](C)C1.CC(C)C1(C(C)C)C[C@@H](C)[C@@H](C)C1.CC(C)C1(C(C)C)C[C@H](C)[C@@H](C)C1.CC1CC(C(C)C)(C(C)C)CC1C. The highest BCUT2D eigenvalue weighted by molar-refractivity contribution is 4.97. The summed E-state index contributed by atoms with van der Waals surface area (Å²) in [5, 5.41) is 0. The van der Waals surface area contributed by atoms with E-state index in [1.165, 1.54) is 57.8 Å². The predicted octanol–water partition coefficient (Wildman–Crippen LogP) is 17.2. The van der Waals surface area contributed by atoms with Gasteiger partial charge in [0.1, 0.15) is 0 Å². The molecule has 7 atom stereocenters. The van der Waals surface area contributed by atoms with E-state index in [1.54, 1.807) is 0 Å². The number of rotatable bonds is 8. The summed E-state index contributed by atoms with van der Waals surface area (Å²) in [5.41, 5.74) is 2.58. The first-order valence-corrected chi connectivity index (χ1v) is 23.2. The van der Waals surface area contributed by atoms with Crippen molar-refractivity contribution in [2.75, 3.05) is 0 Å². The van der Waals surface area contributed by atoms with Crippen molar-refractivity contribution in [3.8, 4) is 0 Å². The maximum Gasteiger partial charge on any atom is -0.0246 e. The van der Waals surface area contributed by atoms with Gasteiger partial charge >= 0.3 is 0 Å². The lowest BCUT2D eigenvalue weighted by Gasteiger charge is -2.38. The smallest absolute Gasteiger partial charge is 0.0246 e. The van der Waals surface area contributed by atoms with Gasteiger partial charge in [-0.2, -0.15) is 0 Å². The van der Waals surface area contributed by atoms with Crippen LogP contribution in [0.15, 0.2) is 0 Å². The minimum absolute atomic E-state index is 0.638. The van der Waals surface area contributed by atoms with Gasteiger partial charge in [-0.25, -0.2) is 0 Å². The van der Waals surface area contributed by atoms with Crippen LogP contribution in [0.2, 0.25) is 0 Å². The van der Waals surface area contributed by atoms with Gasteiger partial charge in [-0.15, -0.1) is 0 Å². The highest BCUT2D eigenvalue weighted by Crippen LogP contribution is 2.56. The van der Waals surface area contributed by atoms with Crippen molar-refractivity contribution in [1.82, 2.24) is 0 Å². The first-order valence-electron chi connectivity index (χ1n) is 23.2. The maximum absolute atomic E-state index is 2.43. The molecule has 51 heavy (non-hydrogen) atoms. The lowest BCUT2D eigenvalue weighted by Crippen LogP contribution is -2.30. The monoisotopic (exact) mass is 715 g/mol. The minimum atomic E-state index is 0.638. The molecule has 0 aromatic rings. The molecular formula is C51H102. The lowest BCUT2D eigenvalue weighted by atomic mass is 9.67. The van der Waals surface area contributed by atoms with E-state index in [0.29, 0.717) is 21.7 Å². The van der Waals surface area contributed by atoms with Crippen molar-refractivity contribution in [2.24, 2.45) is 110 Å². The fraction of sp³-hybridized carbons (Fsp3) is 1.00. The maximum atomic E-state index is 2.43. The van der Waals surface area contributed by atoms with Crippen molar-refractivity contribution >= 4 is 0 Å². The third kappa shape index (κ3) is 11.3. The predicted molar refractivity (Wildman–Crippen MR) is 234 cm³/mol. The Balaban J connectivity index is 0.000000340. The standard InChI is InChI=1S/3C13H26.C12H24/c3*1-9(2)13(10(3)4)7-11(5)12(6)8-13;1-9(2)12(10(3)4)7-6-11(5)8-12/h3*9-12H,7-8H2,1-6H3;9-11H,6-8H2,1-5H3/t11-,12+;11-,12-;;11-/m.0.1/s1. The number of hydrogen-bond acceptors (Lipinski definition) is 0. The van der Waals surface area contributed by atoms with E-state index in [2.05, 4.69) is 159 Å². The van der Waals surface area contributed by atoms with Crippen molar-refractivity contribution in [3.63, 3.8) is 0 Å².